The molecule has 1 fully saturated rings. The highest BCUT2D eigenvalue weighted by Crippen LogP contribution is 2.39. The molecule has 1 aromatic carbocycles. The number of para-hydroxylation sites is 1. The summed E-state index contributed by atoms with van der Waals surface area (Å²) in [6.45, 7) is 1.46. The first-order valence-electron chi connectivity index (χ1n) is 7.33. The molecule has 0 bridgehead atoms. The minimum atomic E-state index is 0.566. The van der Waals surface area contributed by atoms with Crippen LogP contribution < -0.4 is 10.1 Å². The first-order valence-corrected chi connectivity index (χ1v) is 7.33. The molecule has 1 N–H and O–H groups in total. The number of nitrogens with zero attached hydrogens (tertiary/aromatic N) is 1. The molecule has 2 aliphatic rings. The Morgan fingerprint density at radius 2 is 2.25 bits per heavy atom. The van der Waals surface area contributed by atoms with Gasteiger partial charge in [-0.3, -0.25) is 0 Å². The highest BCUT2D eigenvalue weighted by molar-refractivity contribution is 5.60. The molecule has 4 nitrogen and oxygen atoms in total. The Morgan fingerprint density at radius 3 is 3.15 bits per heavy atom. The van der Waals surface area contributed by atoms with Crippen LogP contribution in [0.15, 0.2) is 28.8 Å². The van der Waals surface area contributed by atoms with Gasteiger partial charge in [0.15, 0.2) is 5.89 Å². The van der Waals surface area contributed by atoms with Crippen LogP contribution >= 0.6 is 0 Å². The number of fused-ring (bicyclic) bond motifs is 1. The first-order chi connectivity index (χ1) is 9.90. The van der Waals surface area contributed by atoms with Crippen LogP contribution in [0.25, 0.3) is 0 Å². The fourth-order valence-electron chi connectivity index (χ4n) is 2.63. The third kappa shape index (κ3) is 2.26. The van der Waals surface area contributed by atoms with Gasteiger partial charge in [0.2, 0.25) is 0 Å². The molecule has 4 rings (SSSR count). The normalized spacial score (nSPS) is 17.4. The fraction of sp³-hybridized carbons (Fsp3) is 0.438. The van der Waals surface area contributed by atoms with E-state index in [2.05, 4.69) is 28.5 Å². The Labute approximate surface area is 118 Å². The van der Waals surface area contributed by atoms with Crippen LogP contribution in [0.2, 0.25) is 0 Å². The lowest BCUT2D eigenvalue weighted by atomic mass is 10.1. The average molecular weight is 270 g/mol. The summed E-state index contributed by atoms with van der Waals surface area (Å²) >= 11 is 0. The number of nitrogens with one attached hydrogen (secondary N) is 1. The lowest BCUT2D eigenvalue weighted by molar-refractivity contribution is 0.289. The molecule has 1 aromatic heterocycles. The number of ether oxygens (including phenoxy) is 1. The van der Waals surface area contributed by atoms with Crippen molar-refractivity contribution in [3.63, 3.8) is 0 Å². The van der Waals surface area contributed by atoms with E-state index in [1.165, 1.54) is 18.4 Å². The molecule has 1 aliphatic carbocycles. The van der Waals surface area contributed by atoms with Crippen molar-refractivity contribution in [3.8, 4) is 5.75 Å². The van der Waals surface area contributed by atoms with Crippen LogP contribution in [-0.4, -0.2) is 11.6 Å². The van der Waals surface area contributed by atoms with Crippen molar-refractivity contribution in [2.45, 2.75) is 38.1 Å². The average Bonchev–Trinajstić information content (AvgIpc) is 3.24. The second-order valence-corrected chi connectivity index (χ2v) is 5.54. The predicted octanol–water partition coefficient (Wildman–Crippen LogP) is 3.49. The summed E-state index contributed by atoms with van der Waals surface area (Å²) < 4.78 is 11.5. The van der Waals surface area contributed by atoms with E-state index in [1.807, 2.05) is 6.20 Å². The molecule has 0 amide bonds. The lowest BCUT2D eigenvalue weighted by Gasteiger charge is -2.20. The molecule has 1 saturated carbocycles. The number of hydrogen-bond acceptors (Lipinski definition) is 4. The van der Waals surface area contributed by atoms with E-state index in [0.717, 1.165) is 42.5 Å². The monoisotopic (exact) mass is 270 g/mol. The zero-order chi connectivity index (χ0) is 13.4. The molecular weight excluding hydrogens is 252 g/mol. The minimum Gasteiger partial charge on any atom is -0.491 e. The maximum absolute atomic E-state index is 5.79. The molecule has 0 radical (unpaired) electrons. The topological polar surface area (TPSA) is 47.3 Å². The van der Waals surface area contributed by atoms with E-state index in [4.69, 9.17) is 9.15 Å². The molecule has 0 unspecified atom stereocenters. The largest absolute Gasteiger partial charge is 0.491 e. The van der Waals surface area contributed by atoms with Crippen LogP contribution in [0.5, 0.6) is 5.75 Å². The molecule has 0 atom stereocenters. The summed E-state index contributed by atoms with van der Waals surface area (Å²) in [6, 6.07) is 6.27. The Morgan fingerprint density at radius 1 is 1.30 bits per heavy atom. The van der Waals surface area contributed by atoms with Crippen molar-refractivity contribution in [2.24, 2.45) is 0 Å². The van der Waals surface area contributed by atoms with Gasteiger partial charge in [-0.15, -0.1) is 0 Å². The highest BCUT2D eigenvalue weighted by atomic mass is 16.5. The molecule has 0 spiro atoms. The number of aromatic nitrogens is 1. The van der Waals surface area contributed by atoms with E-state index in [-0.39, 0.29) is 0 Å². The van der Waals surface area contributed by atoms with Crippen LogP contribution in [0.1, 0.15) is 42.4 Å². The molecule has 104 valence electrons. The lowest BCUT2D eigenvalue weighted by Crippen LogP contribution is -2.11. The van der Waals surface area contributed by atoms with Gasteiger partial charge >= 0.3 is 0 Å². The molecule has 2 aromatic rings. The molecule has 4 heteroatoms. The van der Waals surface area contributed by atoms with Gasteiger partial charge in [0.25, 0.3) is 0 Å². The Bertz CT molecular complexity index is 617. The van der Waals surface area contributed by atoms with Gasteiger partial charge in [-0.2, -0.15) is 0 Å². The van der Waals surface area contributed by atoms with Gasteiger partial charge in [-0.05, 0) is 37.3 Å². The highest BCUT2D eigenvalue weighted by Gasteiger charge is 2.28. The summed E-state index contributed by atoms with van der Waals surface area (Å²) in [7, 11) is 0. The van der Waals surface area contributed by atoms with E-state index >= 15 is 0 Å². The number of oxazole rings is 1. The van der Waals surface area contributed by atoms with Gasteiger partial charge in [-0.25, -0.2) is 4.98 Å². The summed E-state index contributed by atoms with van der Waals surface area (Å²) in [5.74, 6) is 3.35. The van der Waals surface area contributed by atoms with Crippen LogP contribution in [0, 0.1) is 0 Å². The predicted molar refractivity (Wildman–Crippen MR) is 76.1 cm³/mol. The van der Waals surface area contributed by atoms with Gasteiger partial charge in [0, 0.05) is 5.92 Å². The summed E-state index contributed by atoms with van der Waals surface area (Å²) in [5.41, 5.74) is 2.34. The standard InChI is InChI=1S/C16H18N2O2/c1-3-11-4-2-8-19-15(11)14(5-1)17-9-13-10-18-16(20-13)12-6-7-12/h1,3,5,10,12,17H,2,4,6-9H2. The maximum Gasteiger partial charge on any atom is 0.197 e. The smallest absolute Gasteiger partial charge is 0.197 e. The van der Waals surface area contributed by atoms with Crippen molar-refractivity contribution in [3.05, 3.63) is 41.6 Å². The summed E-state index contributed by atoms with van der Waals surface area (Å²) in [6.07, 6.45) is 6.46. The van der Waals surface area contributed by atoms with E-state index in [0.29, 0.717) is 12.5 Å². The summed E-state index contributed by atoms with van der Waals surface area (Å²) in [4.78, 5) is 4.34. The van der Waals surface area contributed by atoms with Crippen molar-refractivity contribution in [1.29, 1.82) is 0 Å². The number of benzene rings is 1. The van der Waals surface area contributed by atoms with Crippen molar-refractivity contribution in [2.75, 3.05) is 11.9 Å². The first kappa shape index (κ1) is 11.8. The van der Waals surface area contributed by atoms with Crippen molar-refractivity contribution < 1.29 is 9.15 Å². The van der Waals surface area contributed by atoms with Crippen LogP contribution in [-0.2, 0) is 13.0 Å². The third-order valence-electron chi connectivity index (χ3n) is 3.88. The number of anilines is 1. The van der Waals surface area contributed by atoms with Crippen LogP contribution in [0.3, 0.4) is 0 Å². The van der Waals surface area contributed by atoms with E-state index in [1.54, 1.807) is 0 Å². The van der Waals surface area contributed by atoms with E-state index < -0.39 is 0 Å². The molecular formula is C16H18N2O2. The van der Waals surface area contributed by atoms with Crippen molar-refractivity contribution >= 4 is 5.69 Å². The molecule has 20 heavy (non-hydrogen) atoms. The molecule has 2 heterocycles. The molecule has 1 aliphatic heterocycles. The van der Waals surface area contributed by atoms with Gasteiger partial charge < -0.3 is 14.5 Å². The van der Waals surface area contributed by atoms with Crippen LogP contribution in [0.4, 0.5) is 5.69 Å². The van der Waals surface area contributed by atoms with Crippen molar-refractivity contribution in [1.82, 2.24) is 4.98 Å². The number of rotatable bonds is 4. The van der Waals surface area contributed by atoms with E-state index in [9.17, 15) is 0 Å². The fourth-order valence-corrected chi connectivity index (χ4v) is 2.63. The number of hydrogen-bond donors (Lipinski definition) is 1. The second kappa shape index (κ2) is 4.85. The number of aryl methyl sites for hydroxylation is 1. The Hall–Kier alpha value is -1.97. The second-order valence-electron chi connectivity index (χ2n) is 5.54. The summed E-state index contributed by atoms with van der Waals surface area (Å²) in [5, 5.41) is 3.40. The maximum atomic E-state index is 5.79. The quantitative estimate of drug-likeness (QED) is 0.923. The Balaban J connectivity index is 1.48. The minimum absolute atomic E-state index is 0.566. The zero-order valence-electron chi connectivity index (χ0n) is 11.4. The van der Waals surface area contributed by atoms with Gasteiger partial charge in [-0.1, -0.05) is 12.1 Å². The zero-order valence-corrected chi connectivity index (χ0v) is 11.4. The molecule has 0 saturated heterocycles. The SMILES string of the molecule is c1cc2c(c(NCc3cnc(C4CC4)o3)c1)OCCC2. The van der Waals surface area contributed by atoms with Gasteiger partial charge in [0.05, 0.1) is 25.0 Å². The van der Waals surface area contributed by atoms with Gasteiger partial charge in [0.1, 0.15) is 11.5 Å². The Kier molecular flexibility index (Phi) is 2.87. The third-order valence-corrected chi connectivity index (χ3v) is 3.88.